The predicted molar refractivity (Wildman–Crippen MR) is 77.8 cm³/mol. The number of anilines is 1. The molecule has 0 radical (unpaired) electrons. The summed E-state index contributed by atoms with van der Waals surface area (Å²) in [6, 6.07) is 3.64. The van der Waals surface area contributed by atoms with Gasteiger partial charge in [0.2, 0.25) is 5.13 Å². The second kappa shape index (κ2) is 6.31. The summed E-state index contributed by atoms with van der Waals surface area (Å²) in [5, 5.41) is 13.7. The molecule has 2 aromatic rings. The zero-order valence-electron chi connectivity index (χ0n) is 10.0. The molecule has 0 spiro atoms. The molecule has 1 amide bonds. The maximum Gasteiger partial charge on any atom is 0.267 e. The van der Waals surface area contributed by atoms with Crippen LogP contribution in [0, 0.1) is 0 Å². The van der Waals surface area contributed by atoms with Crippen molar-refractivity contribution in [1.29, 1.82) is 0 Å². The lowest BCUT2D eigenvalue weighted by Gasteiger charge is -2.02. The molecule has 4 nitrogen and oxygen atoms in total. The second-order valence-electron chi connectivity index (χ2n) is 3.64. The predicted octanol–water partition coefficient (Wildman–Crippen LogP) is 3.74. The molecule has 7 heteroatoms. The maximum atomic E-state index is 11.8. The van der Waals surface area contributed by atoms with Crippen molar-refractivity contribution >= 4 is 45.5 Å². The fourth-order valence-electron chi connectivity index (χ4n) is 1.13. The summed E-state index contributed by atoms with van der Waals surface area (Å²) in [7, 11) is 0. The van der Waals surface area contributed by atoms with Crippen LogP contribution in [0.15, 0.2) is 21.9 Å². The number of amides is 1. The quantitative estimate of drug-likeness (QED) is 0.675. The van der Waals surface area contributed by atoms with E-state index in [0.29, 0.717) is 15.3 Å². The van der Waals surface area contributed by atoms with Crippen LogP contribution in [0.3, 0.4) is 0 Å². The summed E-state index contributed by atoms with van der Waals surface area (Å²) in [5.41, 5.74) is 0. The van der Waals surface area contributed by atoms with Gasteiger partial charge in [-0.15, -0.1) is 21.5 Å². The van der Waals surface area contributed by atoms with Gasteiger partial charge in [-0.3, -0.25) is 10.1 Å². The van der Waals surface area contributed by atoms with E-state index in [2.05, 4.69) is 29.4 Å². The molecule has 0 saturated carbocycles. The van der Waals surface area contributed by atoms with Gasteiger partial charge < -0.3 is 0 Å². The molecule has 18 heavy (non-hydrogen) atoms. The molecule has 1 atom stereocenters. The number of nitrogens with one attached hydrogen (secondary N) is 1. The van der Waals surface area contributed by atoms with Crippen LogP contribution in [0.2, 0.25) is 0 Å². The minimum absolute atomic E-state index is 0.124. The fraction of sp³-hybridized carbons (Fsp3) is 0.364. The summed E-state index contributed by atoms with van der Waals surface area (Å²) in [4.78, 5) is 12.5. The number of nitrogens with zero attached hydrogens (tertiary/aromatic N) is 2. The minimum atomic E-state index is -0.124. The number of thiophene rings is 1. The summed E-state index contributed by atoms with van der Waals surface area (Å²) < 4.78 is 0.894. The SMILES string of the molecule is CC[C@H](C)Sc1nnc(NC(=O)c2cccs2)s1. The van der Waals surface area contributed by atoms with Crippen molar-refractivity contribution in [1.82, 2.24) is 10.2 Å². The van der Waals surface area contributed by atoms with Gasteiger partial charge in [-0.05, 0) is 17.9 Å². The zero-order valence-corrected chi connectivity index (χ0v) is 12.5. The molecular weight excluding hydrogens is 286 g/mol. The Bertz CT molecular complexity index is 509. The summed E-state index contributed by atoms with van der Waals surface area (Å²) in [6.45, 7) is 4.29. The van der Waals surface area contributed by atoms with Crippen LogP contribution in [0.4, 0.5) is 5.13 Å². The van der Waals surface area contributed by atoms with Gasteiger partial charge in [-0.25, -0.2) is 0 Å². The van der Waals surface area contributed by atoms with Crippen molar-refractivity contribution in [3.63, 3.8) is 0 Å². The van der Waals surface area contributed by atoms with Gasteiger partial charge in [0.15, 0.2) is 4.34 Å². The largest absolute Gasteiger partial charge is 0.296 e. The van der Waals surface area contributed by atoms with Crippen molar-refractivity contribution in [2.24, 2.45) is 0 Å². The van der Waals surface area contributed by atoms with Gasteiger partial charge in [0, 0.05) is 5.25 Å². The molecule has 1 N–H and O–H groups in total. The van der Waals surface area contributed by atoms with E-state index >= 15 is 0 Å². The average molecular weight is 299 g/mol. The minimum Gasteiger partial charge on any atom is -0.296 e. The van der Waals surface area contributed by atoms with Crippen LogP contribution < -0.4 is 5.32 Å². The highest BCUT2D eigenvalue weighted by atomic mass is 32.2. The van der Waals surface area contributed by atoms with Crippen molar-refractivity contribution in [3.8, 4) is 0 Å². The maximum absolute atomic E-state index is 11.8. The molecule has 0 unspecified atom stereocenters. The van der Waals surface area contributed by atoms with Crippen LogP contribution in [-0.2, 0) is 0 Å². The van der Waals surface area contributed by atoms with Crippen LogP contribution in [0.1, 0.15) is 29.9 Å². The number of carbonyl (C=O) groups is 1. The Kier molecular flexibility index (Phi) is 4.73. The molecule has 0 bridgehead atoms. The number of carbonyl (C=O) groups excluding carboxylic acids is 1. The smallest absolute Gasteiger partial charge is 0.267 e. The normalized spacial score (nSPS) is 12.3. The zero-order chi connectivity index (χ0) is 13.0. The molecule has 0 aliphatic rings. The first-order valence-corrected chi connectivity index (χ1v) is 8.11. The van der Waals surface area contributed by atoms with Gasteiger partial charge in [0.25, 0.3) is 5.91 Å². The Labute approximate surface area is 118 Å². The van der Waals surface area contributed by atoms with E-state index in [1.807, 2.05) is 11.4 Å². The molecule has 0 aromatic carbocycles. The monoisotopic (exact) mass is 299 g/mol. The molecule has 2 aromatic heterocycles. The van der Waals surface area contributed by atoms with Crippen LogP contribution in [0.5, 0.6) is 0 Å². The van der Waals surface area contributed by atoms with E-state index in [1.54, 1.807) is 17.8 Å². The highest BCUT2D eigenvalue weighted by Gasteiger charge is 2.12. The Morgan fingerprint density at radius 3 is 3.06 bits per heavy atom. The lowest BCUT2D eigenvalue weighted by molar-refractivity contribution is 0.103. The third-order valence-electron chi connectivity index (χ3n) is 2.25. The van der Waals surface area contributed by atoms with Crippen LogP contribution >= 0.6 is 34.4 Å². The lowest BCUT2D eigenvalue weighted by Crippen LogP contribution is -2.09. The Morgan fingerprint density at radius 1 is 1.56 bits per heavy atom. The first-order valence-electron chi connectivity index (χ1n) is 5.54. The van der Waals surface area contributed by atoms with E-state index in [-0.39, 0.29) is 5.91 Å². The third kappa shape index (κ3) is 3.54. The highest BCUT2D eigenvalue weighted by molar-refractivity contribution is 8.01. The molecule has 2 heterocycles. The van der Waals surface area contributed by atoms with E-state index in [0.717, 1.165) is 10.8 Å². The van der Waals surface area contributed by atoms with Gasteiger partial charge >= 0.3 is 0 Å². The second-order valence-corrected chi connectivity index (χ2v) is 7.25. The van der Waals surface area contributed by atoms with Crippen molar-refractivity contribution in [3.05, 3.63) is 22.4 Å². The number of aromatic nitrogens is 2. The number of thioether (sulfide) groups is 1. The lowest BCUT2D eigenvalue weighted by atomic mass is 10.4. The summed E-state index contributed by atoms with van der Waals surface area (Å²) in [5.74, 6) is -0.124. The molecule has 0 saturated heterocycles. The van der Waals surface area contributed by atoms with E-state index in [4.69, 9.17) is 0 Å². The molecule has 0 aliphatic heterocycles. The van der Waals surface area contributed by atoms with E-state index < -0.39 is 0 Å². The van der Waals surface area contributed by atoms with E-state index in [9.17, 15) is 4.79 Å². The number of rotatable bonds is 5. The van der Waals surface area contributed by atoms with Crippen LogP contribution in [0.25, 0.3) is 0 Å². The molecule has 0 aliphatic carbocycles. The number of hydrogen-bond donors (Lipinski definition) is 1. The van der Waals surface area contributed by atoms with Crippen molar-refractivity contribution in [2.45, 2.75) is 29.9 Å². The molecule has 0 fully saturated rings. The first-order chi connectivity index (χ1) is 8.69. The molecule has 2 rings (SSSR count). The fourth-order valence-corrected chi connectivity index (χ4v) is 3.74. The van der Waals surface area contributed by atoms with E-state index in [1.165, 1.54) is 22.7 Å². The Morgan fingerprint density at radius 2 is 2.39 bits per heavy atom. The van der Waals surface area contributed by atoms with Gasteiger partial charge in [-0.2, -0.15) is 0 Å². The van der Waals surface area contributed by atoms with Crippen LogP contribution in [-0.4, -0.2) is 21.4 Å². The highest BCUT2D eigenvalue weighted by Crippen LogP contribution is 2.30. The molecular formula is C11H13N3OS3. The summed E-state index contributed by atoms with van der Waals surface area (Å²) in [6.07, 6.45) is 1.08. The average Bonchev–Trinajstić information content (AvgIpc) is 3.00. The first kappa shape index (κ1) is 13.5. The Hall–Kier alpha value is -0.920. The third-order valence-corrected chi connectivity index (χ3v) is 5.31. The topological polar surface area (TPSA) is 54.9 Å². The van der Waals surface area contributed by atoms with Gasteiger partial charge in [0.05, 0.1) is 4.88 Å². The number of hydrogen-bond acceptors (Lipinski definition) is 6. The summed E-state index contributed by atoms with van der Waals surface area (Å²) >= 11 is 4.51. The van der Waals surface area contributed by atoms with Crippen molar-refractivity contribution < 1.29 is 4.79 Å². The Balaban J connectivity index is 1.96. The molecule has 96 valence electrons. The van der Waals surface area contributed by atoms with Gasteiger partial charge in [0.1, 0.15) is 0 Å². The van der Waals surface area contributed by atoms with Gasteiger partial charge in [-0.1, -0.05) is 43.0 Å². The van der Waals surface area contributed by atoms with Crippen molar-refractivity contribution in [2.75, 3.05) is 5.32 Å². The standard InChI is InChI=1S/C11H13N3OS3/c1-3-7(2)17-11-14-13-10(18-11)12-9(15)8-5-4-6-16-8/h4-7H,3H2,1-2H3,(H,12,13,15)/t7-/m0/s1.